The Hall–Kier alpha value is -2.57. The lowest BCUT2D eigenvalue weighted by Crippen LogP contribution is -2.32. The van der Waals surface area contributed by atoms with Crippen LogP contribution in [0.3, 0.4) is 0 Å². The van der Waals surface area contributed by atoms with Crippen molar-refractivity contribution in [1.29, 1.82) is 0 Å². The lowest BCUT2D eigenvalue weighted by atomic mass is 10.3. The van der Waals surface area contributed by atoms with Crippen molar-refractivity contribution >= 4 is 35.0 Å². The molecule has 1 aromatic heterocycles. The summed E-state index contributed by atoms with van der Waals surface area (Å²) < 4.78 is 1.81. The van der Waals surface area contributed by atoms with E-state index < -0.39 is 0 Å². The molecule has 0 saturated carbocycles. The minimum Gasteiger partial charge on any atom is -0.308 e. The van der Waals surface area contributed by atoms with Crippen molar-refractivity contribution in [1.82, 2.24) is 14.8 Å². The summed E-state index contributed by atoms with van der Waals surface area (Å²) in [6.07, 6.45) is 3.32. The summed E-state index contributed by atoms with van der Waals surface area (Å²) in [5.41, 5.74) is 1.69. The number of amides is 1. The van der Waals surface area contributed by atoms with Crippen molar-refractivity contribution in [2.45, 2.75) is 5.16 Å². The second-order valence-electron chi connectivity index (χ2n) is 5.38. The average molecular weight is 385 g/mol. The van der Waals surface area contributed by atoms with Crippen LogP contribution >= 0.6 is 23.4 Å². The van der Waals surface area contributed by atoms with Gasteiger partial charge in [0, 0.05) is 17.3 Å². The molecule has 3 aromatic rings. The molecule has 0 aliphatic rings. The van der Waals surface area contributed by atoms with E-state index in [1.165, 1.54) is 11.8 Å². The second-order valence-corrected chi connectivity index (χ2v) is 6.76. The minimum absolute atomic E-state index is 0.0262. The molecular weight excluding hydrogens is 368 g/mol. The Morgan fingerprint density at radius 3 is 2.77 bits per heavy atom. The zero-order valence-electron chi connectivity index (χ0n) is 14.0. The summed E-state index contributed by atoms with van der Waals surface area (Å²) in [5, 5.41) is 9.33. The molecule has 132 valence electrons. The molecule has 0 saturated heterocycles. The molecule has 0 aliphatic carbocycles. The Balaban J connectivity index is 1.73. The fourth-order valence-electron chi connectivity index (χ4n) is 2.42. The molecule has 7 heteroatoms. The summed E-state index contributed by atoms with van der Waals surface area (Å²) in [7, 11) is 0. The molecule has 0 aliphatic heterocycles. The van der Waals surface area contributed by atoms with Crippen LogP contribution in [0.4, 0.5) is 5.69 Å². The van der Waals surface area contributed by atoms with E-state index in [0.717, 1.165) is 11.4 Å². The van der Waals surface area contributed by atoms with Gasteiger partial charge in [-0.05, 0) is 30.3 Å². The number of hydrogen-bond acceptors (Lipinski definition) is 4. The van der Waals surface area contributed by atoms with Crippen molar-refractivity contribution in [3.8, 4) is 5.69 Å². The van der Waals surface area contributed by atoms with Crippen LogP contribution in [0.25, 0.3) is 5.69 Å². The minimum atomic E-state index is -0.0262. The van der Waals surface area contributed by atoms with Crippen LogP contribution in [-0.4, -0.2) is 33.0 Å². The van der Waals surface area contributed by atoms with Crippen molar-refractivity contribution in [2.24, 2.45) is 0 Å². The Labute approximate surface area is 161 Å². The van der Waals surface area contributed by atoms with E-state index >= 15 is 0 Å². The maximum atomic E-state index is 12.7. The highest BCUT2D eigenvalue weighted by molar-refractivity contribution is 7.99. The largest absolute Gasteiger partial charge is 0.308 e. The maximum absolute atomic E-state index is 12.7. The van der Waals surface area contributed by atoms with Gasteiger partial charge in [0.1, 0.15) is 6.33 Å². The van der Waals surface area contributed by atoms with Crippen molar-refractivity contribution in [3.05, 3.63) is 78.6 Å². The van der Waals surface area contributed by atoms with Crippen LogP contribution in [0.2, 0.25) is 5.02 Å². The van der Waals surface area contributed by atoms with Gasteiger partial charge < -0.3 is 4.90 Å². The lowest BCUT2D eigenvalue weighted by Gasteiger charge is -2.21. The first kappa shape index (κ1) is 18.2. The van der Waals surface area contributed by atoms with E-state index in [9.17, 15) is 4.79 Å². The van der Waals surface area contributed by atoms with Crippen LogP contribution in [-0.2, 0) is 4.79 Å². The van der Waals surface area contributed by atoms with Crippen molar-refractivity contribution < 1.29 is 4.79 Å². The third-order valence-electron chi connectivity index (χ3n) is 3.61. The number of rotatable bonds is 7. The maximum Gasteiger partial charge on any atom is 0.237 e. The molecule has 0 fully saturated rings. The first-order valence-corrected chi connectivity index (χ1v) is 9.30. The standard InChI is InChI=1S/C19H17ClN4OS/c1-2-11-23(16-8-4-3-5-9-16)18(25)13-26-19-22-21-14-24(19)17-10-6-7-15(20)12-17/h2-10,12,14H,1,11,13H2. The summed E-state index contributed by atoms with van der Waals surface area (Å²) >= 11 is 7.39. The smallest absolute Gasteiger partial charge is 0.237 e. The van der Waals surface area contributed by atoms with Gasteiger partial charge in [-0.2, -0.15) is 0 Å². The van der Waals surface area contributed by atoms with E-state index in [1.807, 2.05) is 53.1 Å². The van der Waals surface area contributed by atoms with Gasteiger partial charge in [-0.3, -0.25) is 9.36 Å². The number of anilines is 1. The molecule has 0 spiro atoms. The highest BCUT2D eigenvalue weighted by atomic mass is 35.5. The Kier molecular flexibility index (Phi) is 6.09. The van der Waals surface area contributed by atoms with Gasteiger partial charge in [0.05, 0.1) is 11.4 Å². The number of nitrogens with zero attached hydrogens (tertiary/aromatic N) is 4. The predicted octanol–water partition coefficient (Wildman–Crippen LogP) is 4.23. The van der Waals surface area contributed by atoms with Gasteiger partial charge in [-0.15, -0.1) is 16.8 Å². The summed E-state index contributed by atoms with van der Waals surface area (Å²) in [5.74, 6) is 0.212. The number of para-hydroxylation sites is 1. The monoisotopic (exact) mass is 384 g/mol. The van der Waals surface area contributed by atoms with Gasteiger partial charge in [0.2, 0.25) is 5.91 Å². The van der Waals surface area contributed by atoms with Crippen LogP contribution in [0.15, 0.2) is 78.7 Å². The lowest BCUT2D eigenvalue weighted by molar-refractivity contribution is -0.116. The van der Waals surface area contributed by atoms with Gasteiger partial charge in [-0.25, -0.2) is 0 Å². The third-order valence-corrected chi connectivity index (χ3v) is 4.77. The van der Waals surface area contributed by atoms with E-state index in [4.69, 9.17) is 11.6 Å². The molecule has 2 aromatic carbocycles. The Morgan fingerprint density at radius 2 is 2.04 bits per heavy atom. The van der Waals surface area contributed by atoms with Crippen molar-refractivity contribution in [3.63, 3.8) is 0 Å². The predicted molar refractivity (Wildman–Crippen MR) is 106 cm³/mol. The van der Waals surface area contributed by atoms with E-state index in [2.05, 4.69) is 16.8 Å². The first-order chi connectivity index (χ1) is 12.7. The normalized spacial score (nSPS) is 10.5. The van der Waals surface area contributed by atoms with Crippen LogP contribution in [0.5, 0.6) is 0 Å². The van der Waals surface area contributed by atoms with Crippen LogP contribution in [0.1, 0.15) is 0 Å². The van der Waals surface area contributed by atoms with Crippen LogP contribution in [0, 0.1) is 0 Å². The van der Waals surface area contributed by atoms with E-state index in [-0.39, 0.29) is 11.7 Å². The quantitative estimate of drug-likeness (QED) is 0.451. The fraction of sp³-hybridized carbons (Fsp3) is 0.105. The SMILES string of the molecule is C=CCN(C(=O)CSc1nncn1-c1cccc(Cl)c1)c1ccccc1. The Bertz CT molecular complexity index is 897. The number of benzene rings is 2. The first-order valence-electron chi connectivity index (χ1n) is 7.94. The topological polar surface area (TPSA) is 51.0 Å². The summed E-state index contributed by atoms with van der Waals surface area (Å²) in [6, 6.07) is 16.9. The molecule has 3 rings (SSSR count). The van der Waals surface area contributed by atoms with Crippen LogP contribution < -0.4 is 4.90 Å². The van der Waals surface area contributed by atoms with Crippen molar-refractivity contribution in [2.75, 3.05) is 17.2 Å². The molecule has 1 heterocycles. The fourth-order valence-corrected chi connectivity index (χ4v) is 3.41. The Morgan fingerprint density at radius 1 is 1.23 bits per heavy atom. The molecule has 5 nitrogen and oxygen atoms in total. The molecule has 0 bridgehead atoms. The average Bonchev–Trinajstić information content (AvgIpc) is 3.13. The summed E-state index contributed by atoms with van der Waals surface area (Å²) in [4.78, 5) is 14.4. The molecular formula is C19H17ClN4OS. The number of carbonyl (C=O) groups excluding carboxylic acids is 1. The second kappa shape index (κ2) is 8.69. The molecule has 0 N–H and O–H groups in total. The number of hydrogen-bond donors (Lipinski definition) is 0. The highest BCUT2D eigenvalue weighted by Crippen LogP contribution is 2.23. The molecule has 26 heavy (non-hydrogen) atoms. The number of halogens is 1. The number of thioether (sulfide) groups is 1. The molecule has 1 amide bonds. The molecule has 0 unspecified atom stereocenters. The molecule has 0 atom stereocenters. The third kappa shape index (κ3) is 4.33. The van der Waals surface area contributed by atoms with Gasteiger partial charge >= 0.3 is 0 Å². The van der Waals surface area contributed by atoms with Gasteiger partial charge in [0.15, 0.2) is 5.16 Å². The van der Waals surface area contributed by atoms with E-state index in [1.54, 1.807) is 23.4 Å². The zero-order valence-corrected chi connectivity index (χ0v) is 15.5. The number of aromatic nitrogens is 3. The highest BCUT2D eigenvalue weighted by Gasteiger charge is 2.16. The molecule has 0 radical (unpaired) electrons. The van der Waals surface area contributed by atoms with E-state index in [0.29, 0.717) is 16.7 Å². The summed E-state index contributed by atoms with van der Waals surface area (Å²) in [6.45, 7) is 4.19. The number of carbonyl (C=O) groups is 1. The zero-order chi connectivity index (χ0) is 18.4. The van der Waals surface area contributed by atoms with Gasteiger partial charge in [0.25, 0.3) is 0 Å². The van der Waals surface area contributed by atoms with Gasteiger partial charge in [-0.1, -0.05) is 53.7 Å².